The van der Waals surface area contributed by atoms with Crippen LogP contribution in [-0.4, -0.2) is 9.97 Å². The second kappa shape index (κ2) is 5.80. The Labute approximate surface area is 116 Å². The molecule has 0 radical (unpaired) electrons. The van der Waals surface area contributed by atoms with Crippen LogP contribution in [0.5, 0.6) is 0 Å². The highest BCUT2D eigenvalue weighted by atomic mass is 35.5. The second-order valence-electron chi connectivity index (χ2n) is 3.77. The van der Waals surface area contributed by atoms with Crippen molar-refractivity contribution in [3.63, 3.8) is 0 Å². The van der Waals surface area contributed by atoms with Crippen molar-refractivity contribution >= 4 is 34.5 Å². The molecule has 0 amide bonds. The first-order valence-corrected chi connectivity index (χ1v) is 6.18. The number of nitrogens with zero attached hydrogens (tertiary/aromatic N) is 1. The maximum absolute atomic E-state index is 5.83. The number of hydrogen-bond acceptors (Lipinski definition) is 3. The van der Waals surface area contributed by atoms with Crippen LogP contribution in [-0.2, 0) is 6.54 Å². The van der Waals surface area contributed by atoms with Gasteiger partial charge in [0.15, 0.2) is 0 Å². The van der Waals surface area contributed by atoms with Gasteiger partial charge in [0, 0.05) is 23.5 Å². The fourth-order valence-electron chi connectivity index (χ4n) is 1.48. The van der Waals surface area contributed by atoms with Crippen molar-refractivity contribution in [3.05, 3.63) is 58.9 Å². The third-order valence-corrected chi connectivity index (χ3v) is 2.88. The number of rotatable bonds is 4. The molecule has 0 aliphatic rings. The molecule has 0 aliphatic carbocycles. The molecule has 3 N–H and O–H groups in total. The van der Waals surface area contributed by atoms with Gasteiger partial charge >= 0.3 is 0 Å². The molecule has 1 aromatic carbocycles. The lowest BCUT2D eigenvalue weighted by atomic mass is 10.2. The van der Waals surface area contributed by atoms with Crippen molar-refractivity contribution in [2.45, 2.75) is 6.54 Å². The molecule has 0 fully saturated rings. The third kappa shape index (κ3) is 3.42. The zero-order chi connectivity index (χ0) is 13.0. The number of nitrogens with two attached hydrogens (primary N) is 1. The smallest absolute Gasteiger partial charge is 0.122 e. The van der Waals surface area contributed by atoms with Gasteiger partial charge in [-0.3, -0.25) is 4.98 Å². The lowest BCUT2D eigenvalue weighted by molar-refractivity contribution is 1.14. The summed E-state index contributed by atoms with van der Waals surface area (Å²) in [5, 5.41) is 4.01. The van der Waals surface area contributed by atoms with E-state index in [9.17, 15) is 0 Å². The first kappa shape index (κ1) is 12.8. The summed E-state index contributed by atoms with van der Waals surface area (Å²) in [5.41, 5.74) is 8.23. The standard InChI is InChI=1S/C13H12ClN3S/c14-10-3-1-9(2-4-10)8-17-11-5-6-16-12(7-11)13(15)18/h1-7H,8H2,(H2,15,18)(H,16,17). The highest BCUT2D eigenvalue weighted by Crippen LogP contribution is 2.13. The minimum atomic E-state index is 0.296. The molecule has 0 unspecified atom stereocenters. The van der Waals surface area contributed by atoms with Crippen LogP contribution in [0.25, 0.3) is 0 Å². The van der Waals surface area contributed by atoms with Gasteiger partial charge in [-0.1, -0.05) is 36.0 Å². The van der Waals surface area contributed by atoms with Crippen LogP contribution in [0.4, 0.5) is 5.69 Å². The van der Waals surface area contributed by atoms with Crippen molar-refractivity contribution in [3.8, 4) is 0 Å². The lowest BCUT2D eigenvalue weighted by Crippen LogP contribution is -2.12. The van der Waals surface area contributed by atoms with E-state index in [1.54, 1.807) is 6.20 Å². The molecule has 0 saturated heterocycles. The number of benzene rings is 1. The predicted octanol–water partition coefficient (Wildman–Crippen LogP) is 2.98. The number of pyridine rings is 1. The van der Waals surface area contributed by atoms with E-state index in [1.165, 1.54) is 0 Å². The zero-order valence-corrected chi connectivity index (χ0v) is 11.1. The molecule has 0 aliphatic heterocycles. The predicted molar refractivity (Wildman–Crippen MR) is 78.9 cm³/mol. The molecule has 2 aromatic rings. The summed E-state index contributed by atoms with van der Waals surface area (Å²) in [6, 6.07) is 11.4. The van der Waals surface area contributed by atoms with Crippen LogP contribution in [0.3, 0.4) is 0 Å². The first-order chi connectivity index (χ1) is 8.65. The molecule has 92 valence electrons. The number of hydrogen-bond donors (Lipinski definition) is 2. The van der Waals surface area contributed by atoms with Crippen molar-refractivity contribution in [1.29, 1.82) is 0 Å². The molecule has 18 heavy (non-hydrogen) atoms. The summed E-state index contributed by atoms with van der Waals surface area (Å²) in [6.07, 6.45) is 1.68. The van der Waals surface area contributed by atoms with Crippen LogP contribution in [0.2, 0.25) is 5.02 Å². The molecule has 1 aromatic heterocycles. The van der Waals surface area contributed by atoms with Crippen LogP contribution >= 0.6 is 23.8 Å². The Bertz CT molecular complexity index is 554. The molecular formula is C13H12ClN3S. The Hall–Kier alpha value is -1.65. The van der Waals surface area contributed by atoms with E-state index < -0.39 is 0 Å². The van der Waals surface area contributed by atoms with Crippen LogP contribution < -0.4 is 11.1 Å². The van der Waals surface area contributed by atoms with Crippen LogP contribution in [0.15, 0.2) is 42.6 Å². The molecule has 0 atom stereocenters. The summed E-state index contributed by atoms with van der Waals surface area (Å²) in [7, 11) is 0. The maximum Gasteiger partial charge on any atom is 0.122 e. The highest BCUT2D eigenvalue weighted by Gasteiger charge is 2.00. The van der Waals surface area contributed by atoms with Crippen LogP contribution in [0.1, 0.15) is 11.3 Å². The topological polar surface area (TPSA) is 50.9 Å². The van der Waals surface area contributed by atoms with Gasteiger partial charge in [0.05, 0.1) is 5.69 Å². The Morgan fingerprint density at radius 2 is 2.00 bits per heavy atom. The number of halogens is 1. The van der Waals surface area contributed by atoms with Gasteiger partial charge in [-0.2, -0.15) is 0 Å². The molecule has 0 spiro atoms. The summed E-state index contributed by atoms with van der Waals surface area (Å²) < 4.78 is 0. The fraction of sp³-hybridized carbons (Fsp3) is 0.0769. The van der Waals surface area contributed by atoms with Gasteiger partial charge < -0.3 is 11.1 Å². The molecule has 2 rings (SSSR count). The number of nitrogens with one attached hydrogen (secondary N) is 1. The summed E-state index contributed by atoms with van der Waals surface area (Å²) in [5.74, 6) is 0. The SMILES string of the molecule is NC(=S)c1cc(NCc2ccc(Cl)cc2)ccn1. The average Bonchev–Trinajstić information content (AvgIpc) is 2.38. The Morgan fingerprint density at radius 1 is 1.28 bits per heavy atom. The monoisotopic (exact) mass is 277 g/mol. The summed E-state index contributed by atoms with van der Waals surface area (Å²) in [4.78, 5) is 4.38. The van der Waals surface area contributed by atoms with E-state index in [-0.39, 0.29) is 0 Å². The number of anilines is 1. The van der Waals surface area contributed by atoms with E-state index in [1.807, 2.05) is 36.4 Å². The van der Waals surface area contributed by atoms with Crippen molar-refractivity contribution in [1.82, 2.24) is 4.98 Å². The van der Waals surface area contributed by atoms with Crippen LogP contribution in [0, 0.1) is 0 Å². The Kier molecular flexibility index (Phi) is 4.12. The zero-order valence-electron chi connectivity index (χ0n) is 9.56. The number of thiocarbonyl (C=S) groups is 1. The van der Waals surface area contributed by atoms with E-state index in [2.05, 4.69) is 10.3 Å². The van der Waals surface area contributed by atoms with Gasteiger partial charge in [0.25, 0.3) is 0 Å². The second-order valence-corrected chi connectivity index (χ2v) is 4.65. The highest BCUT2D eigenvalue weighted by molar-refractivity contribution is 7.80. The van der Waals surface area contributed by atoms with Crippen molar-refractivity contribution in [2.24, 2.45) is 5.73 Å². The summed E-state index contributed by atoms with van der Waals surface area (Å²) >= 11 is 10.7. The van der Waals surface area contributed by atoms with Crippen molar-refractivity contribution in [2.75, 3.05) is 5.32 Å². The van der Waals surface area contributed by atoms with Gasteiger partial charge in [-0.15, -0.1) is 0 Å². The average molecular weight is 278 g/mol. The Balaban J connectivity index is 2.04. The maximum atomic E-state index is 5.83. The van der Waals surface area contributed by atoms with Gasteiger partial charge in [-0.25, -0.2) is 0 Å². The van der Waals surface area contributed by atoms with E-state index >= 15 is 0 Å². The largest absolute Gasteiger partial charge is 0.388 e. The normalized spacial score (nSPS) is 10.1. The quantitative estimate of drug-likeness (QED) is 0.844. The molecule has 5 heteroatoms. The molecule has 0 bridgehead atoms. The number of aromatic nitrogens is 1. The Morgan fingerprint density at radius 3 is 2.67 bits per heavy atom. The lowest BCUT2D eigenvalue weighted by Gasteiger charge is -2.07. The first-order valence-electron chi connectivity index (χ1n) is 5.39. The fourth-order valence-corrected chi connectivity index (χ4v) is 1.72. The molecule has 0 saturated carbocycles. The van der Waals surface area contributed by atoms with E-state index in [0.717, 1.165) is 16.3 Å². The van der Waals surface area contributed by atoms with Gasteiger partial charge in [-0.05, 0) is 29.8 Å². The minimum Gasteiger partial charge on any atom is -0.388 e. The van der Waals surface area contributed by atoms with E-state index in [4.69, 9.17) is 29.6 Å². The molecule has 1 heterocycles. The van der Waals surface area contributed by atoms with Gasteiger partial charge in [0.1, 0.15) is 4.99 Å². The molecule has 3 nitrogen and oxygen atoms in total. The molecular weight excluding hydrogens is 266 g/mol. The van der Waals surface area contributed by atoms with E-state index in [0.29, 0.717) is 17.2 Å². The summed E-state index contributed by atoms with van der Waals surface area (Å²) in [6.45, 7) is 0.706. The third-order valence-electron chi connectivity index (χ3n) is 2.42. The van der Waals surface area contributed by atoms with Gasteiger partial charge in [0.2, 0.25) is 0 Å². The van der Waals surface area contributed by atoms with Crippen molar-refractivity contribution < 1.29 is 0 Å². The minimum absolute atomic E-state index is 0.296.